The van der Waals surface area contributed by atoms with Crippen molar-refractivity contribution in [2.45, 2.75) is 25.1 Å². The van der Waals surface area contributed by atoms with Gasteiger partial charge in [-0.3, -0.25) is 9.69 Å². The number of likely N-dealkylation sites (tertiary alicyclic amines) is 1. The van der Waals surface area contributed by atoms with Gasteiger partial charge >= 0.3 is 5.97 Å². The monoisotopic (exact) mass is 185 g/mol. The summed E-state index contributed by atoms with van der Waals surface area (Å²) in [6, 6.07) is -0.916. The standard InChI is InChI=1S/C8H11NO4/c1-2-6(10)9-5(8(12)13)3-4-7(9)11/h2,5,7,11H,1,3-4H2,(H,12,13)/t5-,7+/m0/s1. The number of carbonyl (C=O) groups excluding carboxylic acids is 1. The van der Waals surface area contributed by atoms with Crippen LogP contribution in [0.15, 0.2) is 12.7 Å². The maximum absolute atomic E-state index is 11.1. The van der Waals surface area contributed by atoms with Crippen LogP contribution in [0.3, 0.4) is 0 Å². The quantitative estimate of drug-likeness (QED) is 0.572. The number of rotatable bonds is 2. The molecule has 0 spiro atoms. The molecule has 1 saturated heterocycles. The Bertz CT molecular complexity index is 251. The molecular weight excluding hydrogens is 174 g/mol. The van der Waals surface area contributed by atoms with Gasteiger partial charge in [-0.15, -0.1) is 0 Å². The van der Waals surface area contributed by atoms with E-state index in [4.69, 9.17) is 5.11 Å². The molecule has 1 fully saturated rings. The van der Waals surface area contributed by atoms with Gasteiger partial charge in [0.2, 0.25) is 5.91 Å². The van der Waals surface area contributed by atoms with Crippen molar-refractivity contribution in [3.05, 3.63) is 12.7 Å². The Labute approximate surface area is 75.3 Å². The number of carboxylic acids is 1. The van der Waals surface area contributed by atoms with Crippen LogP contribution >= 0.6 is 0 Å². The molecule has 0 saturated carbocycles. The van der Waals surface area contributed by atoms with Crippen LogP contribution in [0.5, 0.6) is 0 Å². The van der Waals surface area contributed by atoms with Crippen molar-refractivity contribution in [1.29, 1.82) is 0 Å². The zero-order valence-corrected chi connectivity index (χ0v) is 7.01. The highest BCUT2D eigenvalue weighted by atomic mass is 16.4. The summed E-state index contributed by atoms with van der Waals surface area (Å²) >= 11 is 0. The second-order valence-electron chi connectivity index (χ2n) is 2.86. The molecule has 1 aliphatic rings. The molecule has 5 nitrogen and oxygen atoms in total. The average Bonchev–Trinajstić information content (AvgIpc) is 2.46. The fourth-order valence-electron chi connectivity index (χ4n) is 1.44. The van der Waals surface area contributed by atoms with Crippen LogP contribution in [-0.2, 0) is 9.59 Å². The van der Waals surface area contributed by atoms with Crippen LogP contribution in [0.25, 0.3) is 0 Å². The molecule has 0 aromatic rings. The fourth-order valence-corrected chi connectivity index (χ4v) is 1.44. The van der Waals surface area contributed by atoms with Crippen LogP contribution in [0.2, 0.25) is 0 Å². The lowest BCUT2D eigenvalue weighted by molar-refractivity contribution is -0.151. The van der Waals surface area contributed by atoms with Gasteiger partial charge in [-0.1, -0.05) is 6.58 Å². The van der Waals surface area contributed by atoms with E-state index in [-0.39, 0.29) is 6.42 Å². The molecule has 1 aliphatic heterocycles. The number of carboxylic acid groups (broad SMARTS) is 1. The number of nitrogens with zero attached hydrogens (tertiary/aromatic N) is 1. The van der Waals surface area contributed by atoms with E-state index in [0.717, 1.165) is 11.0 Å². The summed E-state index contributed by atoms with van der Waals surface area (Å²) in [6.45, 7) is 3.24. The smallest absolute Gasteiger partial charge is 0.326 e. The maximum Gasteiger partial charge on any atom is 0.326 e. The molecule has 1 heterocycles. The van der Waals surface area contributed by atoms with E-state index in [1.54, 1.807) is 0 Å². The summed E-state index contributed by atoms with van der Waals surface area (Å²) in [4.78, 5) is 22.7. The Hall–Kier alpha value is -1.36. The van der Waals surface area contributed by atoms with Crippen molar-refractivity contribution in [1.82, 2.24) is 4.90 Å². The Kier molecular flexibility index (Phi) is 2.67. The topological polar surface area (TPSA) is 77.8 Å². The van der Waals surface area contributed by atoms with Gasteiger partial charge in [-0.2, -0.15) is 0 Å². The first-order valence-corrected chi connectivity index (χ1v) is 3.93. The largest absolute Gasteiger partial charge is 0.480 e. The molecule has 0 aromatic carbocycles. The Balaban J connectivity index is 2.82. The van der Waals surface area contributed by atoms with E-state index < -0.39 is 24.1 Å². The highest BCUT2D eigenvalue weighted by Crippen LogP contribution is 2.22. The summed E-state index contributed by atoms with van der Waals surface area (Å²) < 4.78 is 0. The molecule has 0 aliphatic carbocycles. The lowest BCUT2D eigenvalue weighted by atomic mass is 10.2. The van der Waals surface area contributed by atoms with Crippen molar-refractivity contribution in [3.8, 4) is 0 Å². The van der Waals surface area contributed by atoms with Crippen LogP contribution in [0.4, 0.5) is 0 Å². The summed E-state index contributed by atoms with van der Waals surface area (Å²) in [5.74, 6) is -1.64. The fraction of sp³-hybridized carbons (Fsp3) is 0.500. The molecule has 72 valence electrons. The van der Waals surface area contributed by atoms with E-state index in [2.05, 4.69) is 6.58 Å². The van der Waals surface area contributed by atoms with Crippen molar-refractivity contribution < 1.29 is 19.8 Å². The van der Waals surface area contributed by atoms with Gasteiger partial charge in [0, 0.05) is 0 Å². The van der Waals surface area contributed by atoms with E-state index in [0.29, 0.717) is 6.42 Å². The van der Waals surface area contributed by atoms with E-state index in [9.17, 15) is 14.7 Å². The number of hydrogen-bond acceptors (Lipinski definition) is 3. The highest BCUT2D eigenvalue weighted by Gasteiger charge is 2.38. The SMILES string of the molecule is C=CC(=O)N1[C@H](O)CC[C@H]1C(=O)O. The normalized spacial score (nSPS) is 27.3. The summed E-state index contributed by atoms with van der Waals surface area (Å²) in [7, 11) is 0. The second kappa shape index (κ2) is 3.57. The van der Waals surface area contributed by atoms with E-state index in [1.807, 2.05) is 0 Å². The highest BCUT2D eigenvalue weighted by molar-refractivity contribution is 5.91. The zero-order valence-electron chi connectivity index (χ0n) is 7.01. The third kappa shape index (κ3) is 1.70. The lowest BCUT2D eigenvalue weighted by Gasteiger charge is -2.23. The van der Waals surface area contributed by atoms with Gasteiger partial charge in [-0.25, -0.2) is 4.79 Å². The lowest BCUT2D eigenvalue weighted by Crippen LogP contribution is -2.44. The van der Waals surface area contributed by atoms with Gasteiger partial charge in [0.15, 0.2) is 0 Å². The molecule has 2 atom stereocenters. The van der Waals surface area contributed by atoms with Gasteiger partial charge < -0.3 is 10.2 Å². The van der Waals surface area contributed by atoms with Gasteiger partial charge in [0.05, 0.1) is 0 Å². The Morgan fingerprint density at radius 1 is 1.46 bits per heavy atom. The first-order chi connectivity index (χ1) is 6.07. The summed E-state index contributed by atoms with van der Waals surface area (Å²) in [5, 5.41) is 18.0. The van der Waals surface area contributed by atoms with Crippen LogP contribution < -0.4 is 0 Å². The van der Waals surface area contributed by atoms with Crippen LogP contribution in [-0.4, -0.2) is 39.3 Å². The van der Waals surface area contributed by atoms with Crippen molar-refractivity contribution in [2.75, 3.05) is 0 Å². The first-order valence-electron chi connectivity index (χ1n) is 3.93. The van der Waals surface area contributed by atoms with Crippen molar-refractivity contribution in [3.63, 3.8) is 0 Å². The number of carbonyl (C=O) groups is 2. The van der Waals surface area contributed by atoms with Gasteiger partial charge in [-0.05, 0) is 18.9 Å². The Morgan fingerprint density at radius 2 is 2.08 bits per heavy atom. The van der Waals surface area contributed by atoms with Crippen LogP contribution in [0.1, 0.15) is 12.8 Å². The number of hydrogen-bond donors (Lipinski definition) is 2. The molecule has 0 radical (unpaired) electrons. The molecule has 0 unspecified atom stereocenters. The van der Waals surface area contributed by atoms with Gasteiger partial charge in [0.1, 0.15) is 12.3 Å². The average molecular weight is 185 g/mol. The third-order valence-electron chi connectivity index (χ3n) is 2.07. The Morgan fingerprint density at radius 3 is 2.54 bits per heavy atom. The number of aliphatic carboxylic acids is 1. The minimum atomic E-state index is -1.09. The molecule has 2 N–H and O–H groups in total. The zero-order chi connectivity index (χ0) is 10.0. The van der Waals surface area contributed by atoms with Crippen molar-refractivity contribution >= 4 is 11.9 Å². The first kappa shape index (κ1) is 9.73. The predicted octanol–water partition coefficient (Wildman–Crippen LogP) is -0.434. The second-order valence-corrected chi connectivity index (χ2v) is 2.86. The number of aliphatic hydroxyl groups is 1. The number of aliphatic hydroxyl groups excluding tert-OH is 1. The molecule has 13 heavy (non-hydrogen) atoms. The minimum Gasteiger partial charge on any atom is -0.480 e. The number of amides is 1. The maximum atomic E-state index is 11.1. The minimum absolute atomic E-state index is 0.288. The summed E-state index contributed by atoms with van der Waals surface area (Å²) in [5.41, 5.74) is 0. The summed E-state index contributed by atoms with van der Waals surface area (Å²) in [6.07, 6.45) is 0.600. The van der Waals surface area contributed by atoms with Gasteiger partial charge in [0.25, 0.3) is 0 Å². The van der Waals surface area contributed by atoms with E-state index in [1.165, 1.54) is 0 Å². The molecule has 0 bridgehead atoms. The predicted molar refractivity (Wildman–Crippen MR) is 43.7 cm³/mol. The molecule has 5 heteroatoms. The molecule has 0 aromatic heterocycles. The molecule has 1 amide bonds. The van der Waals surface area contributed by atoms with Crippen LogP contribution in [0, 0.1) is 0 Å². The molecule has 1 rings (SSSR count). The van der Waals surface area contributed by atoms with Crippen molar-refractivity contribution in [2.24, 2.45) is 0 Å². The molecular formula is C8H11NO4. The van der Waals surface area contributed by atoms with E-state index >= 15 is 0 Å². The third-order valence-corrected chi connectivity index (χ3v) is 2.07.